The van der Waals surface area contributed by atoms with Crippen molar-refractivity contribution in [2.75, 3.05) is 59.8 Å². The Morgan fingerprint density at radius 1 is 0.416 bits per heavy atom. The van der Waals surface area contributed by atoms with Crippen LogP contribution in [0.2, 0.25) is 0 Å². The number of aliphatic hydroxyl groups excluding tert-OH is 11. The summed E-state index contributed by atoms with van der Waals surface area (Å²) in [6.45, 7) is 13.6. The van der Waals surface area contributed by atoms with E-state index in [1.165, 1.54) is 41.5 Å². The maximum Gasteiger partial charge on any atom is 0.347 e. The van der Waals surface area contributed by atoms with Crippen molar-refractivity contribution in [3.05, 3.63) is 0 Å². The highest BCUT2D eigenvalue weighted by Crippen LogP contribution is 2.10. The van der Waals surface area contributed by atoms with Gasteiger partial charge in [-0.15, -0.1) is 0 Å². The number of rotatable bonds is 29. The number of esters is 12. The van der Waals surface area contributed by atoms with Gasteiger partial charge in [0.15, 0.2) is 55.6 Å². The summed E-state index contributed by atoms with van der Waals surface area (Å²) >= 11 is 0. The lowest BCUT2D eigenvalue weighted by molar-refractivity contribution is -0.285. The second-order valence-corrected chi connectivity index (χ2v) is 17.4. The van der Waals surface area contributed by atoms with Crippen LogP contribution in [0.3, 0.4) is 0 Å². The molecule has 0 spiro atoms. The van der Waals surface area contributed by atoms with Crippen molar-refractivity contribution >= 4 is 71.6 Å². The number of carbonyl (C=O) groups excluding carboxylic acids is 12. The zero-order valence-corrected chi connectivity index (χ0v) is 51.6. The molecule has 1 heterocycles. The fraction of sp³-hybridized carbons (Fsp3) is 0.765. The Labute approximate surface area is 511 Å². The molecule has 0 amide bonds. The molecule has 38 nitrogen and oxygen atoms in total. The molecule has 13 atom stereocenters. The summed E-state index contributed by atoms with van der Waals surface area (Å²) in [5.74, 6) is -11.1. The predicted octanol–water partition coefficient (Wildman–Crippen LogP) is -5.66. The fourth-order valence-electron chi connectivity index (χ4n) is 4.04. The maximum absolute atomic E-state index is 12.3. The lowest BCUT2D eigenvalue weighted by Crippen LogP contribution is -2.40. The average Bonchev–Trinajstić information content (AvgIpc) is 3.66. The summed E-state index contributed by atoms with van der Waals surface area (Å²) in [6, 6.07) is 0. The van der Waals surface area contributed by atoms with Gasteiger partial charge in [0.2, 0.25) is 0 Å². The Morgan fingerprint density at radius 2 is 0.663 bits per heavy atom. The van der Waals surface area contributed by atoms with E-state index in [0.717, 1.165) is 41.5 Å². The van der Waals surface area contributed by atoms with Crippen LogP contribution in [0.5, 0.6) is 0 Å². The van der Waals surface area contributed by atoms with Gasteiger partial charge in [-0.3, -0.25) is 0 Å². The molecule has 1 fully saturated rings. The highest BCUT2D eigenvalue weighted by molar-refractivity contribution is 5.87. The first-order valence-corrected chi connectivity index (χ1v) is 26.6. The molecule has 1 aliphatic heterocycles. The summed E-state index contributed by atoms with van der Waals surface area (Å²) in [5.41, 5.74) is 0. The molecule has 13 N–H and O–H groups in total. The van der Waals surface area contributed by atoms with Crippen LogP contribution in [0.25, 0.3) is 0 Å². The zero-order chi connectivity index (χ0) is 70.7. The van der Waals surface area contributed by atoms with Gasteiger partial charge < -0.3 is 118 Å². The Morgan fingerprint density at radius 3 is 0.854 bits per heavy atom. The van der Waals surface area contributed by atoms with Crippen LogP contribution >= 0.6 is 0 Å². The number of carbonyl (C=O) groups is 12. The minimum absolute atomic E-state index is 0.0927. The van der Waals surface area contributed by atoms with Crippen LogP contribution in [0.4, 0.5) is 0 Å². The van der Waals surface area contributed by atoms with E-state index in [4.69, 9.17) is 89.9 Å². The first kappa shape index (κ1) is 93.2. The molecule has 38 heteroatoms. The molecule has 0 aliphatic carbocycles. The van der Waals surface area contributed by atoms with Crippen LogP contribution in [0, 0.1) is 0 Å². The van der Waals surface area contributed by atoms with E-state index in [1.54, 1.807) is 0 Å². The minimum Gasteiger partial charge on any atom is -0.463 e. The van der Waals surface area contributed by atoms with Crippen molar-refractivity contribution in [2.45, 2.75) is 195 Å². The Hall–Kier alpha value is -6.92. The predicted molar refractivity (Wildman–Crippen MR) is 288 cm³/mol. The van der Waals surface area contributed by atoms with Gasteiger partial charge in [-0.05, 0) is 95.9 Å². The molecule has 0 saturated carbocycles. The molecular formula is C51H90O38. The van der Waals surface area contributed by atoms with Gasteiger partial charge in [-0.1, -0.05) is 6.92 Å². The SMILES string of the molecule is CC(O)C(=O)OC(C)C(=O)OCC(COC(=O)C(C)OC(=O)C(C)O)OC(=O)C(C)OC(=O)C(C)O.CC(O)C(=O)OC(C)C(=O)OCCCOC(=O)C(C)OC(=O)C(C)O.CC1OC(=O)C(C)OC1=O.CCC(O)CO.OCCCO.OCO.OCOO. The quantitative estimate of drug-likeness (QED) is 0.00829. The van der Waals surface area contributed by atoms with Crippen LogP contribution in [0.1, 0.15) is 109 Å². The van der Waals surface area contributed by atoms with E-state index in [-0.39, 0.29) is 39.5 Å². The molecule has 1 rings (SSSR count). The standard InChI is InChI=1S/C21H32O15.C15H24O10.C6H8O4.C4H10O2.C3H8O2.CH4O3.CH4O2/c1-9(22)16(25)33-12(4)19(28)31-7-15(36-21(30)14(6)35-18(27)11(3)24)8-32-20(29)13(5)34-17(26)10(2)23;1-8(16)12(18)24-10(3)14(20)22-6-5-7-23-15(21)11(4)25-13(19)9(2)17;1-3-5(7)10-4(2)6(8)9-3;1-2-4(6)3-5;4-2-1-3-5;2-1-4-3;2-1-3/h9-15,22-24H,7-8H2,1-6H3;8-11,16-17H,5-7H2,1-4H3;3-4H,1-2H3;4-6H,2-3H2,1H3;4-5H,1-3H2;2-3H,1H2;2-3H,1H2. The van der Waals surface area contributed by atoms with Gasteiger partial charge in [0, 0.05) is 19.6 Å². The number of hydrogen-bond donors (Lipinski definition) is 13. The van der Waals surface area contributed by atoms with Crippen molar-refractivity contribution in [2.24, 2.45) is 0 Å². The third-order valence-electron chi connectivity index (χ3n) is 9.02. The van der Waals surface area contributed by atoms with Crippen LogP contribution < -0.4 is 0 Å². The Bertz CT molecular complexity index is 1890. The molecule has 1 saturated heterocycles. The van der Waals surface area contributed by atoms with Gasteiger partial charge >= 0.3 is 71.6 Å². The first-order chi connectivity index (χ1) is 41.3. The van der Waals surface area contributed by atoms with E-state index in [0.29, 0.717) is 12.8 Å². The molecule has 522 valence electrons. The normalized spacial score (nSPS) is 16.7. The maximum atomic E-state index is 12.3. The highest BCUT2D eigenvalue weighted by atomic mass is 17.1. The summed E-state index contributed by atoms with van der Waals surface area (Å²) in [4.78, 5) is 140. The third kappa shape index (κ3) is 52.7. The molecule has 0 radical (unpaired) electrons. The molecular weight excluding hydrogens is 1220 g/mol. The molecule has 0 bridgehead atoms. The van der Waals surface area contributed by atoms with Gasteiger partial charge in [0.05, 0.1) is 25.9 Å². The van der Waals surface area contributed by atoms with Crippen LogP contribution in [-0.4, -0.2) is 283 Å². The monoisotopic (exact) mass is 1310 g/mol. The summed E-state index contributed by atoms with van der Waals surface area (Å²) in [6.07, 6.45) is -16.1. The largest absolute Gasteiger partial charge is 0.463 e. The highest BCUT2D eigenvalue weighted by Gasteiger charge is 2.33. The molecule has 0 aromatic carbocycles. The lowest BCUT2D eigenvalue weighted by Gasteiger charge is -2.22. The zero-order valence-electron chi connectivity index (χ0n) is 51.6. The van der Waals surface area contributed by atoms with Crippen LogP contribution in [-0.2, 0) is 119 Å². The van der Waals surface area contributed by atoms with E-state index in [1.807, 2.05) is 6.92 Å². The molecule has 89 heavy (non-hydrogen) atoms. The van der Waals surface area contributed by atoms with Gasteiger partial charge in [0.1, 0.15) is 50.5 Å². The Kier molecular flexibility index (Phi) is 59.0. The third-order valence-corrected chi connectivity index (χ3v) is 9.02. The van der Waals surface area contributed by atoms with Crippen molar-refractivity contribution in [3.63, 3.8) is 0 Å². The summed E-state index contributed by atoms with van der Waals surface area (Å²) in [5, 5.41) is 106. The van der Waals surface area contributed by atoms with Crippen molar-refractivity contribution < 1.29 is 186 Å². The van der Waals surface area contributed by atoms with Crippen molar-refractivity contribution in [1.82, 2.24) is 0 Å². The van der Waals surface area contributed by atoms with Crippen LogP contribution in [0.15, 0.2) is 0 Å². The van der Waals surface area contributed by atoms with E-state index >= 15 is 0 Å². The Balaban J connectivity index is -0.000000276. The number of aliphatic hydroxyl groups is 12. The van der Waals surface area contributed by atoms with E-state index in [2.05, 4.69) is 33.3 Å². The van der Waals surface area contributed by atoms with Gasteiger partial charge in [0.25, 0.3) is 0 Å². The molecule has 0 aromatic rings. The minimum atomic E-state index is -1.52. The summed E-state index contributed by atoms with van der Waals surface area (Å²) < 4.78 is 57.0. The molecule has 13 unspecified atom stereocenters. The second-order valence-electron chi connectivity index (χ2n) is 17.4. The van der Waals surface area contributed by atoms with Gasteiger partial charge in [-0.25, -0.2) is 67.7 Å². The second kappa shape index (κ2) is 56.3. The van der Waals surface area contributed by atoms with Gasteiger partial charge in [-0.2, -0.15) is 0 Å². The number of hydrogen-bond acceptors (Lipinski definition) is 38. The van der Waals surface area contributed by atoms with E-state index in [9.17, 15) is 62.6 Å². The molecule has 1 aliphatic rings. The van der Waals surface area contributed by atoms with Crippen molar-refractivity contribution in [1.29, 1.82) is 0 Å². The fourth-order valence-corrected chi connectivity index (χ4v) is 4.04. The number of ether oxygens (including phenoxy) is 12. The lowest BCUT2D eigenvalue weighted by atomic mass is 10.3. The summed E-state index contributed by atoms with van der Waals surface area (Å²) in [7, 11) is 0. The first-order valence-electron chi connectivity index (χ1n) is 26.6. The smallest absolute Gasteiger partial charge is 0.347 e. The molecule has 0 aromatic heterocycles. The van der Waals surface area contributed by atoms with Crippen molar-refractivity contribution in [3.8, 4) is 0 Å². The topological polar surface area (TPSA) is 588 Å². The average molecular weight is 1310 g/mol. The van der Waals surface area contributed by atoms with E-state index < -0.39 is 184 Å². The number of cyclic esters (lactones) is 2.